The number of nitrogens with zero attached hydrogens (tertiary/aromatic N) is 4. The number of amides is 1. The van der Waals surface area contributed by atoms with Crippen molar-refractivity contribution < 1.29 is 24.1 Å². The van der Waals surface area contributed by atoms with Crippen LogP contribution in [0.5, 0.6) is 17.2 Å². The number of aryl methyl sites for hydroxylation is 1. The summed E-state index contributed by atoms with van der Waals surface area (Å²) in [6.45, 7) is 0. The molecule has 0 unspecified atom stereocenters. The zero-order chi connectivity index (χ0) is 21.8. The first-order valence-corrected chi connectivity index (χ1v) is 8.37. The summed E-state index contributed by atoms with van der Waals surface area (Å²) in [4.78, 5) is 33.5. The topological polar surface area (TPSA) is 152 Å². The molecule has 0 atom stereocenters. The van der Waals surface area contributed by atoms with Crippen LogP contribution in [-0.4, -0.2) is 32.6 Å². The van der Waals surface area contributed by atoms with Gasteiger partial charge in [0.05, 0.1) is 28.7 Å². The second-order valence-corrected chi connectivity index (χ2v) is 5.96. The highest BCUT2D eigenvalue weighted by Crippen LogP contribution is 2.31. The van der Waals surface area contributed by atoms with Crippen LogP contribution in [-0.2, 0) is 7.05 Å². The molecule has 0 fully saturated rings. The number of nitro benzene ring substituents is 1. The molecule has 1 N–H and O–H groups in total. The second kappa shape index (κ2) is 8.26. The van der Waals surface area contributed by atoms with Crippen molar-refractivity contribution in [3.8, 4) is 17.2 Å². The Morgan fingerprint density at radius 1 is 1.03 bits per heavy atom. The molecule has 0 bridgehead atoms. The number of nitrogens with one attached hydrogen (secondary N) is 1. The number of rotatable bonds is 7. The van der Waals surface area contributed by atoms with Crippen molar-refractivity contribution in [2.75, 3.05) is 12.4 Å². The Bertz CT molecular complexity index is 1120. The largest absolute Gasteiger partial charge is 0.497 e. The van der Waals surface area contributed by atoms with Crippen LogP contribution in [0.3, 0.4) is 0 Å². The fourth-order valence-corrected chi connectivity index (χ4v) is 2.61. The molecule has 154 valence electrons. The van der Waals surface area contributed by atoms with Crippen LogP contribution in [0.2, 0.25) is 0 Å². The maximum absolute atomic E-state index is 12.5. The van der Waals surface area contributed by atoms with Crippen molar-refractivity contribution in [2.24, 2.45) is 7.05 Å². The molecule has 12 nitrogen and oxygen atoms in total. The molecule has 0 radical (unpaired) electrons. The molecular formula is C18H15N5O7. The Hall–Kier alpha value is -4.48. The van der Waals surface area contributed by atoms with Gasteiger partial charge in [-0.1, -0.05) is 0 Å². The van der Waals surface area contributed by atoms with Crippen molar-refractivity contribution in [1.82, 2.24) is 9.78 Å². The standard InChI is InChI=1S/C18H15N5O7/c1-21-17(16(10-19-21)23(27)28)18(24)20-11-7-12(22(25)26)9-15(8-11)30-14-5-3-13(29-2)4-6-14/h3-10H,1-2H3,(H,20,24). The average molecular weight is 413 g/mol. The normalized spacial score (nSPS) is 10.3. The number of carbonyl (C=O) groups is 1. The van der Waals surface area contributed by atoms with Gasteiger partial charge >= 0.3 is 5.69 Å². The van der Waals surface area contributed by atoms with Crippen LogP contribution in [0, 0.1) is 20.2 Å². The second-order valence-electron chi connectivity index (χ2n) is 5.96. The van der Waals surface area contributed by atoms with Gasteiger partial charge in [-0.25, -0.2) is 0 Å². The molecule has 0 saturated carbocycles. The number of hydrogen-bond donors (Lipinski definition) is 1. The quantitative estimate of drug-likeness (QED) is 0.457. The third-order valence-electron chi connectivity index (χ3n) is 3.99. The van der Waals surface area contributed by atoms with Gasteiger partial charge in [0.1, 0.15) is 23.4 Å². The van der Waals surface area contributed by atoms with Crippen LogP contribution in [0.25, 0.3) is 0 Å². The van der Waals surface area contributed by atoms with Gasteiger partial charge in [0, 0.05) is 19.2 Å². The summed E-state index contributed by atoms with van der Waals surface area (Å²) in [6, 6.07) is 10.2. The van der Waals surface area contributed by atoms with E-state index in [1.807, 2.05) is 0 Å². The fourth-order valence-electron chi connectivity index (χ4n) is 2.61. The molecule has 3 rings (SSSR count). The number of hydrogen-bond acceptors (Lipinski definition) is 8. The van der Waals surface area contributed by atoms with E-state index in [4.69, 9.17) is 9.47 Å². The fraction of sp³-hybridized carbons (Fsp3) is 0.111. The Morgan fingerprint density at radius 2 is 1.70 bits per heavy atom. The number of benzene rings is 2. The summed E-state index contributed by atoms with van der Waals surface area (Å²) in [5.74, 6) is 0.227. The predicted molar refractivity (Wildman–Crippen MR) is 104 cm³/mol. The maximum Gasteiger partial charge on any atom is 0.320 e. The van der Waals surface area contributed by atoms with Gasteiger partial charge in [0.25, 0.3) is 11.6 Å². The van der Waals surface area contributed by atoms with Crippen molar-refractivity contribution >= 4 is 23.0 Å². The van der Waals surface area contributed by atoms with Gasteiger partial charge in [-0.3, -0.25) is 29.7 Å². The number of anilines is 1. The van der Waals surface area contributed by atoms with Crippen LogP contribution >= 0.6 is 0 Å². The highest BCUT2D eigenvalue weighted by Gasteiger charge is 2.26. The smallest absolute Gasteiger partial charge is 0.320 e. The summed E-state index contributed by atoms with van der Waals surface area (Å²) < 4.78 is 11.7. The lowest BCUT2D eigenvalue weighted by atomic mass is 10.2. The average Bonchev–Trinajstić information content (AvgIpc) is 3.10. The third kappa shape index (κ3) is 4.32. The van der Waals surface area contributed by atoms with E-state index in [0.29, 0.717) is 11.5 Å². The summed E-state index contributed by atoms with van der Waals surface area (Å²) in [5, 5.41) is 28.5. The number of aromatic nitrogens is 2. The third-order valence-corrected chi connectivity index (χ3v) is 3.99. The molecule has 1 amide bonds. The number of ether oxygens (including phenoxy) is 2. The van der Waals surface area contributed by atoms with E-state index in [9.17, 15) is 25.0 Å². The molecule has 1 heterocycles. The monoisotopic (exact) mass is 413 g/mol. The zero-order valence-corrected chi connectivity index (χ0v) is 15.8. The predicted octanol–water partition coefficient (Wildman–Crippen LogP) is 3.29. The maximum atomic E-state index is 12.5. The van der Waals surface area contributed by atoms with Gasteiger partial charge in [0.2, 0.25) is 5.69 Å². The highest BCUT2D eigenvalue weighted by atomic mass is 16.6. The van der Waals surface area contributed by atoms with E-state index in [0.717, 1.165) is 16.9 Å². The number of non-ortho nitro benzene ring substituents is 1. The van der Waals surface area contributed by atoms with Gasteiger partial charge in [-0.15, -0.1) is 0 Å². The van der Waals surface area contributed by atoms with Gasteiger partial charge < -0.3 is 14.8 Å². The first kappa shape index (κ1) is 20.3. The summed E-state index contributed by atoms with van der Waals surface area (Å²) >= 11 is 0. The van der Waals surface area contributed by atoms with E-state index in [1.165, 1.54) is 26.3 Å². The lowest BCUT2D eigenvalue weighted by Crippen LogP contribution is -2.17. The zero-order valence-electron chi connectivity index (χ0n) is 15.8. The van der Waals surface area contributed by atoms with E-state index in [2.05, 4.69) is 10.4 Å². The summed E-state index contributed by atoms with van der Waals surface area (Å²) in [6.07, 6.45) is 0.945. The Morgan fingerprint density at radius 3 is 2.30 bits per heavy atom. The summed E-state index contributed by atoms with van der Waals surface area (Å²) in [7, 11) is 2.88. The van der Waals surface area contributed by atoms with Gasteiger partial charge in [-0.05, 0) is 24.3 Å². The van der Waals surface area contributed by atoms with Crippen LogP contribution in [0.4, 0.5) is 17.1 Å². The Labute approximate surface area is 168 Å². The Kier molecular flexibility index (Phi) is 5.58. The first-order chi connectivity index (χ1) is 14.3. The summed E-state index contributed by atoms with van der Waals surface area (Å²) in [5.41, 5.74) is -1.11. The van der Waals surface area contributed by atoms with Crippen molar-refractivity contribution in [1.29, 1.82) is 0 Å². The number of nitro groups is 2. The molecule has 1 aromatic heterocycles. The Balaban J connectivity index is 1.91. The minimum Gasteiger partial charge on any atom is -0.497 e. The van der Waals surface area contributed by atoms with E-state index >= 15 is 0 Å². The molecule has 0 aliphatic carbocycles. The van der Waals surface area contributed by atoms with Crippen LogP contribution < -0.4 is 14.8 Å². The molecule has 0 spiro atoms. The van der Waals surface area contributed by atoms with Gasteiger partial charge in [-0.2, -0.15) is 5.10 Å². The molecule has 0 aliphatic heterocycles. The number of carbonyl (C=O) groups excluding carboxylic acids is 1. The van der Waals surface area contributed by atoms with E-state index < -0.39 is 21.4 Å². The van der Waals surface area contributed by atoms with Crippen molar-refractivity contribution in [3.05, 3.63) is 74.6 Å². The van der Waals surface area contributed by atoms with Crippen molar-refractivity contribution in [3.63, 3.8) is 0 Å². The lowest BCUT2D eigenvalue weighted by molar-refractivity contribution is -0.385. The minimum absolute atomic E-state index is 0.0215. The minimum atomic E-state index is -0.849. The SMILES string of the molecule is COc1ccc(Oc2cc(NC(=O)c3c([N+](=O)[O-])cnn3C)cc([N+](=O)[O-])c2)cc1. The van der Waals surface area contributed by atoms with E-state index in [-0.39, 0.29) is 22.8 Å². The molecule has 30 heavy (non-hydrogen) atoms. The number of methoxy groups -OCH3 is 1. The van der Waals surface area contributed by atoms with Crippen LogP contribution in [0.1, 0.15) is 10.5 Å². The first-order valence-electron chi connectivity index (χ1n) is 8.37. The molecular weight excluding hydrogens is 398 g/mol. The molecule has 0 saturated heterocycles. The molecule has 0 aliphatic rings. The van der Waals surface area contributed by atoms with Crippen molar-refractivity contribution in [2.45, 2.75) is 0 Å². The van der Waals surface area contributed by atoms with Gasteiger partial charge in [0.15, 0.2) is 0 Å². The molecule has 2 aromatic carbocycles. The lowest BCUT2D eigenvalue weighted by Gasteiger charge is -2.10. The molecule has 12 heteroatoms. The van der Waals surface area contributed by atoms with Crippen LogP contribution in [0.15, 0.2) is 48.7 Å². The molecule has 3 aromatic rings. The highest BCUT2D eigenvalue weighted by molar-refractivity contribution is 6.06. The van der Waals surface area contributed by atoms with E-state index in [1.54, 1.807) is 24.3 Å².